The molecular weight excluding hydrogens is 230 g/mol. The predicted octanol–water partition coefficient (Wildman–Crippen LogP) is 0.0984. The summed E-state index contributed by atoms with van der Waals surface area (Å²) < 4.78 is 0. The Morgan fingerprint density at radius 2 is 2.11 bits per heavy atom. The first-order valence-electron chi connectivity index (χ1n) is 6.89. The van der Waals surface area contributed by atoms with E-state index in [-0.39, 0.29) is 24.4 Å². The maximum absolute atomic E-state index is 12.4. The van der Waals surface area contributed by atoms with Crippen molar-refractivity contribution in [2.24, 2.45) is 17.6 Å². The number of carbonyl (C=O) groups excluding carboxylic acids is 2. The Bertz CT molecular complexity index is 322. The van der Waals surface area contributed by atoms with E-state index < -0.39 is 5.91 Å². The summed E-state index contributed by atoms with van der Waals surface area (Å²) in [4.78, 5) is 25.3. The summed E-state index contributed by atoms with van der Waals surface area (Å²) in [5.41, 5.74) is 5.28. The van der Waals surface area contributed by atoms with Crippen LogP contribution in [-0.4, -0.2) is 42.4 Å². The van der Waals surface area contributed by atoms with E-state index in [0.717, 1.165) is 38.8 Å². The molecular formula is C13H23N3O2. The highest BCUT2D eigenvalue weighted by molar-refractivity contribution is 5.85. The SMILES string of the molecule is CC(C(=O)N(CC(N)=O)C1CCCNC1)C1CC1. The molecule has 2 amide bonds. The van der Waals surface area contributed by atoms with Crippen LogP contribution in [0.2, 0.25) is 0 Å². The molecule has 1 saturated carbocycles. The zero-order valence-electron chi connectivity index (χ0n) is 11.0. The molecule has 0 bridgehead atoms. The van der Waals surface area contributed by atoms with E-state index in [1.165, 1.54) is 0 Å². The summed E-state index contributed by atoms with van der Waals surface area (Å²) in [5.74, 6) is 0.234. The Morgan fingerprint density at radius 1 is 1.39 bits per heavy atom. The van der Waals surface area contributed by atoms with Crippen LogP contribution in [0.15, 0.2) is 0 Å². The van der Waals surface area contributed by atoms with Gasteiger partial charge in [-0.25, -0.2) is 0 Å². The average Bonchev–Trinajstić information content (AvgIpc) is 3.19. The summed E-state index contributed by atoms with van der Waals surface area (Å²) >= 11 is 0. The molecule has 5 nitrogen and oxygen atoms in total. The Morgan fingerprint density at radius 3 is 2.61 bits per heavy atom. The monoisotopic (exact) mass is 253 g/mol. The molecule has 102 valence electrons. The van der Waals surface area contributed by atoms with Crippen LogP contribution in [0.4, 0.5) is 0 Å². The third-order valence-corrected chi connectivity index (χ3v) is 4.04. The number of nitrogens with one attached hydrogen (secondary N) is 1. The van der Waals surface area contributed by atoms with Crippen LogP contribution < -0.4 is 11.1 Å². The van der Waals surface area contributed by atoms with Crippen molar-refractivity contribution in [3.05, 3.63) is 0 Å². The third kappa shape index (κ3) is 3.22. The fraction of sp³-hybridized carbons (Fsp3) is 0.846. The lowest BCUT2D eigenvalue weighted by molar-refractivity contribution is -0.141. The topological polar surface area (TPSA) is 75.4 Å². The normalized spacial score (nSPS) is 25.5. The van der Waals surface area contributed by atoms with E-state index in [4.69, 9.17) is 5.73 Å². The highest BCUT2D eigenvalue weighted by Gasteiger charge is 2.37. The van der Waals surface area contributed by atoms with Crippen LogP contribution in [0, 0.1) is 11.8 Å². The molecule has 0 aromatic rings. The van der Waals surface area contributed by atoms with Gasteiger partial charge in [0.15, 0.2) is 0 Å². The summed E-state index contributed by atoms with van der Waals surface area (Å²) in [7, 11) is 0. The molecule has 18 heavy (non-hydrogen) atoms. The molecule has 2 rings (SSSR count). The minimum atomic E-state index is -0.420. The number of amides is 2. The number of primary amides is 1. The molecule has 2 fully saturated rings. The molecule has 2 unspecified atom stereocenters. The number of rotatable bonds is 5. The number of carbonyl (C=O) groups is 2. The van der Waals surface area contributed by atoms with Crippen molar-refractivity contribution in [2.75, 3.05) is 19.6 Å². The van der Waals surface area contributed by atoms with Crippen LogP contribution in [0.1, 0.15) is 32.6 Å². The first-order valence-corrected chi connectivity index (χ1v) is 6.89. The van der Waals surface area contributed by atoms with Crippen molar-refractivity contribution >= 4 is 11.8 Å². The van der Waals surface area contributed by atoms with Gasteiger partial charge in [-0.3, -0.25) is 9.59 Å². The minimum absolute atomic E-state index is 0.0336. The van der Waals surface area contributed by atoms with Gasteiger partial charge in [0.25, 0.3) is 0 Å². The van der Waals surface area contributed by atoms with E-state index >= 15 is 0 Å². The zero-order valence-corrected chi connectivity index (χ0v) is 11.0. The van der Waals surface area contributed by atoms with Crippen LogP contribution in [0.25, 0.3) is 0 Å². The molecule has 0 spiro atoms. The van der Waals surface area contributed by atoms with Crippen molar-refractivity contribution in [2.45, 2.75) is 38.6 Å². The molecule has 1 aliphatic carbocycles. The van der Waals surface area contributed by atoms with Gasteiger partial charge in [-0.1, -0.05) is 6.92 Å². The quantitative estimate of drug-likeness (QED) is 0.729. The number of hydrogen-bond acceptors (Lipinski definition) is 3. The van der Waals surface area contributed by atoms with Gasteiger partial charge in [-0.2, -0.15) is 0 Å². The van der Waals surface area contributed by atoms with Gasteiger partial charge < -0.3 is 16.0 Å². The molecule has 2 aliphatic rings. The number of piperidine rings is 1. The summed E-state index contributed by atoms with van der Waals surface area (Å²) in [6, 6.07) is 0.125. The lowest BCUT2D eigenvalue weighted by atomic mass is 10.0. The van der Waals surface area contributed by atoms with Crippen LogP contribution in [0.5, 0.6) is 0 Å². The van der Waals surface area contributed by atoms with Gasteiger partial charge in [0, 0.05) is 18.5 Å². The first-order chi connectivity index (χ1) is 8.59. The average molecular weight is 253 g/mol. The van der Waals surface area contributed by atoms with Gasteiger partial charge in [-0.15, -0.1) is 0 Å². The Kier molecular flexibility index (Phi) is 4.22. The second kappa shape index (κ2) is 5.69. The highest BCUT2D eigenvalue weighted by atomic mass is 16.2. The largest absolute Gasteiger partial charge is 0.368 e. The lowest BCUT2D eigenvalue weighted by Gasteiger charge is -2.35. The van der Waals surface area contributed by atoms with Crippen LogP contribution in [0.3, 0.4) is 0 Å². The first kappa shape index (κ1) is 13.3. The minimum Gasteiger partial charge on any atom is -0.368 e. The van der Waals surface area contributed by atoms with Gasteiger partial charge in [-0.05, 0) is 38.1 Å². The number of nitrogens with two attached hydrogens (primary N) is 1. The maximum atomic E-state index is 12.4. The van der Waals surface area contributed by atoms with Crippen molar-refractivity contribution in [3.8, 4) is 0 Å². The van der Waals surface area contributed by atoms with E-state index in [9.17, 15) is 9.59 Å². The van der Waals surface area contributed by atoms with Crippen LogP contribution >= 0.6 is 0 Å². The van der Waals surface area contributed by atoms with Crippen molar-refractivity contribution in [1.82, 2.24) is 10.2 Å². The maximum Gasteiger partial charge on any atom is 0.237 e. The van der Waals surface area contributed by atoms with Gasteiger partial charge in [0.1, 0.15) is 0 Å². The van der Waals surface area contributed by atoms with Crippen molar-refractivity contribution in [1.29, 1.82) is 0 Å². The van der Waals surface area contributed by atoms with Crippen molar-refractivity contribution in [3.63, 3.8) is 0 Å². The Hall–Kier alpha value is -1.10. The number of hydrogen-bond donors (Lipinski definition) is 2. The predicted molar refractivity (Wildman–Crippen MR) is 68.7 cm³/mol. The zero-order chi connectivity index (χ0) is 13.1. The van der Waals surface area contributed by atoms with Crippen LogP contribution in [-0.2, 0) is 9.59 Å². The van der Waals surface area contributed by atoms with E-state index in [1.807, 2.05) is 6.92 Å². The molecule has 1 aliphatic heterocycles. The van der Waals surface area contributed by atoms with E-state index in [0.29, 0.717) is 5.92 Å². The fourth-order valence-corrected chi connectivity index (χ4v) is 2.71. The second-order valence-electron chi connectivity index (χ2n) is 5.56. The van der Waals surface area contributed by atoms with Gasteiger partial charge >= 0.3 is 0 Å². The van der Waals surface area contributed by atoms with Gasteiger partial charge in [0.2, 0.25) is 11.8 Å². The summed E-state index contributed by atoms with van der Waals surface area (Å²) in [6.45, 7) is 3.80. The summed E-state index contributed by atoms with van der Waals surface area (Å²) in [5, 5.41) is 3.28. The van der Waals surface area contributed by atoms with Gasteiger partial charge in [0.05, 0.1) is 6.54 Å². The molecule has 0 aromatic carbocycles. The Labute approximate surface area is 108 Å². The molecule has 3 N–H and O–H groups in total. The Balaban J connectivity index is 2.02. The molecule has 1 heterocycles. The standard InChI is InChI=1S/C13H23N3O2/c1-9(10-4-5-10)13(18)16(8-12(14)17)11-3-2-6-15-7-11/h9-11,15H,2-8H2,1H3,(H2,14,17). The highest BCUT2D eigenvalue weighted by Crippen LogP contribution is 2.37. The molecule has 0 radical (unpaired) electrons. The third-order valence-electron chi connectivity index (χ3n) is 4.04. The number of nitrogens with zero attached hydrogens (tertiary/aromatic N) is 1. The van der Waals surface area contributed by atoms with Crippen molar-refractivity contribution < 1.29 is 9.59 Å². The fourth-order valence-electron chi connectivity index (χ4n) is 2.71. The molecule has 0 aromatic heterocycles. The lowest BCUT2D eigenvalue weighted by Crippen LogP contribution is -2.53. The smallest absolute Gasteiger partial charge is 0.237 e. The van der Waals surface area contributed by atoms with E-state index in [2.05, 4.69) is 5.32 Å². The second-order valence-corrected chi connectivity index (χ2v) is 5.56. The molecule has 5 heteroatoms. The van der Waals surface area contributed by atoms with E-state index in [1.54, 1.807) is 4.90 Å². The molecule has 1 saturated heterocycles. The molecule has 2 atom stereocenters. The summed E-state index contributed by atoms with van der Waals surface area (Å²) in [6.07, 6.45) is 4.29.